The van der Waals surface area contributed by atoms with Gasteiger partial charge in [-0.15, -0.1) is 11.8 Å². The Bertz CT molecular complexity index is 612. The fourth-order valence-electron chi connectivity index (χ4n) is 2.03. The molecular weight excluding hydrogens is 308 g/mol. The lowest BCUT2D eigenvalue weighted by Gasteiger charge is -2.13. The van der Waals surface area contributed by atoms with Crippen LogP contribution in [0.25, 0.3) is 0 Å². The molecule has 2 nitrogen and oxygen atoms in total. The van der Waals surface area contributed by atoms with E-state index < -0.39 is 0 Å². The Hall–Kier alpha value is -1.52. The number of rotatable bonds is 6. The number of nitrogens with one attached hydrogen (secondary N) is 2. The molecular formula is C18H22N2S2. The van der Waals surface area contributed by atoms with Crippen LogP contribution in [0.5, 0.6) is 0 Å². The second-order valence-corrected chi connectivity index (χ2v) is 6.72. The minimum absolute atomic E-state index is 0.693. The third-order valence-electron chi connectivity index (χ3n) is 3.47. The summed E-state index contributed by atoms with van der Waals surface area (Å²) in [7, 11) is 0. The molecule has 22 heavy (non-hydrogen) atoms. The van der Waals surface area contributed by atoms with Gasteiger partial charge in [-0.1, -0.05) is 30.3 Å². The summed E-state index contributed by atoms with van der Waals surface area (Å²) in [5, 5.41) is 7.24. The van der Waals surface area contributed by atoms with Gasteiger partial charge in [-0.3, -0.25) is 0 Å². The van der Waals surface area contributed by atoms with E-state index >= 15 is 0 Å². The van der Waals surface area contributed by atoms with Gasteiger partial charge in [-0.2, -0.15) is 0 Å². The molecule has 0 saturated carbocycles. The van der Waals surface area contributed by atoms with Gasteiger partial charge in [0.05, 0.1) is 0 Å². The van der Waals surface area contributed by atoms with Gasteiger partial charge in [0.15, 0.2) is 5.11 Å². The zero-order valence-corrected chi connectivity index (χ0v) is 14.7. The molecule has 0 heterocycles. The lowest BCUT2D eigenvalue weighted by atomic mass is 10.1. The summed E-state index contributed by atoms with van der Waals surface area (Å²) in [6.45, 7) is 5.10. The molecule has 2 rings (SSSR count). The third-order valence-corrected chi connectivity index (χ3v) is 4.82. The van der Waals surface area contributed by atoms with E-state index in [0.29, 0.717) is 5.11 Å². The van der Waals surface area contributed by atoms with Gasteiger partial charge in [0.2, 0.25) is 0 Å². The van der Waals surface area contributed by atoms with Crippen molar-refractivity contribution >= 4 is 34.8 Å². The van der Waals surface area contributed by atoms with E-state index in [4.69, 9.17) is 12.2 Å². The molecule has 2 aromatic carbocycles. The number of hydrogen-bond acceptors (Lipinski definition) is 2. The van der Waals surface area contributed by atoms with E-state index in [1.54, 1.807) is 0 Å². The first-order valence-electron chi connectivity index (χ1n) is 7.46. The van der Waals surface area contributed by atoms with Crippen LogP contribution in [-0.4, -0.2) is 17.4 Å². The average molecular weight is 331 g/mol. The lowest BCUT2D eigenvalue weighted by Crippen LogP contribution is -2.29. The molecule has 0 aliphatic rings. The van der Waals surface area contributed by atoms with Crippen LogP contribution in [0.1, 0.15) is 17.5 Å². The number of aryl methyl sites for hydroxylation is 1. The summed E-state index contributed by atoms with van der Waals surface area (Å²) in [6.07, 6.45) is 1.08. The van der Waals surface area contributed by atoms with Crippen molar-refractivity contribution in [3.63, 3.8) is 0 Å². The van der Waals surface area contributed by atoms with Gasteiger partial charge < -0.3 is 10.6 Å². The largest absolute Gasteiger partial charge is 0.362 e. The van der Waals surface area contributed by atoms with Crippen LogP contribution in [0.2, 0.25) is 0 Å². The average Bonchev–Trinajstić information content (AvgIpc) is 2.52. The van der Waals surface area contributed by atoms with Crippen molar-refractivity contribution in [2.75, 3.05) is 17.6 Å². The Morgan fingerprint density at radius 3 is 2.59 bits per heavy atom. The molecule has 0 amide bonds. The maximum absolute atomic E-state index is 5.35. The lowest BCUT2D eigenvalue weighted by molar-refractivity contribution is 0.854. The molecule has 0 aliphatic heterocycles. The van der Waals surface area contributed by atoms with Gasteiger partial charge in [0, 0.05) is 17.1 Å². The van der Waals surface area contributed by atoms with Crippen molar-refractivity contribution in [3.8, 4) is 0 Å². The fraction of sp³-hybridized carbons (Fsp3) is 0.278. The quantitative estimate of drug-likeness (QED) is 0.452. The number of thioether (sulfide) groups is 1. The second-order valence-electron chi connectivity index (χ2n) is 5.14. The standard InChI is InChI=1S/C18H22N2S2/c1-14-8-6-11-17(15(14)2)20-18(21)19-12-7-13-22-16-9-4-3-5-10-16/h3-6,8-11H,7,12-13H2,1-2H3,(H2,19,20,21). The Kier molecular flexibility index (Phi) is 6.74. The van der Waals surface area contributed by atoms with Gasteiger partial charge in [0.1, 0.15) is 0 Å². The predicted octanol–water partition coefficient (Wildman–Crippen LogP) is 4.77. The first kappa shape index (κ1) is 16.8. The van der Waals surface area contributed by atoms with E-state index in [9.17, 15) is 0 Å². The minimum atomic E-state index is 0.693. The number of anilines is 1. The number of benzene rings is 2. The molecule has 0 fully saturated rings. The van der Waals surface area contributed by atoms with Crippen molar-refractivity contribution in [2.45, 2.75) is 25.2 Å². The Morgan fingerprint density at radius 2 is 1.82 bits per heavy atom. The van der Waals surface area contributed by atoms with E-state index in [1.165, 1.54) is 16.0 Å². The summed E-state index contributed by atoms with van der Waals surface area (Å²) in [5.41, 5.74) is 3.59. The van der Waals surface area contributed by atoms with Gasteiger partial charge in [0.25, 0.3) is 0 Å². The molecule has 0 unspecified atom stereocenters. The highest BCUT2D eigenvalue weighted by molar-refractivity contribution is 7.99. The zero-order valence-electron chi connectivity index (χ0n) is 13.1. The van der Waals surface area contributed by atoms with Gasteiger partial charge in [-0.25, -0.2) is 0 Å². The second kappa shape index (κ2) is 8.81. The van der Waals surface area contributed by atoms with Crippen LogP contribution < -0.4 is 10.6 Å². The maximum Gasteiger partial charge on any atom is 0.170 e. The zero-order chi connectivity index (χ0) is 15.8. The summed E-state index contributed by atoms with van der Waals surface area (Å²) in [6, 6.07) is 16.7. The van der Waals surface area contributed by atoms with Crippen molar-refractivity contribution in [2.24, 2.45) is 0 Å². The summed E-state index contributed by atoms with van der Waals surface area (Å²) in [4.78, 5) is 1.32. The molecule has 0 spiro atoms. The molecule has 0 saturated heterocycles. The predicted molar refractivity (Wildman–Crippen MR) is 102 cm³/mol. The van der Waals surface area contributed by atoms with Crippen LogP contribution in [0.3, 0.4) is 0 Å². The number of thiocarbonyl (C=S) groups is 1. The summed E-state index contributed by atoms with van der Waals surface area (Å²) >= 11 is 7.23. The highest BCUT2D eigenvalue weighted by Crippen LogP contribution is 2.18. The molecule has 2 N–H and O–H groups in total. The Morgan fingerprint density at radius 1 is 1.05 bits per heavy atom. The molecule has 0 atom stereocenters. The van der Waals surface area contributed by atoms with Crippen molar-refractivity contribution in [1.82, 2.24) is 5.32 Å². The van der Waals surface area contributed by atoms with Gasteiger partial charge >= 0.3 is 0 Å². The van der Waals surface area contributed by atoms with Crippen LogP contribution in [-0.2, 0) is 0 Å². The normalized spacial score (nSPS) is 10.3. The SMILES string of the molecule is Cc1cccc(NC(=S)NCCCSc2ccccc2)c1C. The van der Waals surface area contributed by atoms with E-state index in [1.807, 2.05) is 23.9 Å². The molecule has 0 aromatic heterocycles. The maximum atomic E-state index is 5.35. The topological polar surface area (TPSA) is 24.1 Å². The van der Waals surface area contributed by atoms with Crippen LogP contribution in [0.4, 0.5) is 5.69 Å². The smallest absolute Gasteiger partial charge is 0.170 e. The Labute approximate surface area is 142 Å². The fourth-order valence-corrected chi connectivity index (χ4v) is 3.12. The van der Waals surface area contributed by atoms with E-state index in [0.717, 1.165) is 24.4 Å². The first-order chi connectivity index (χ1) is 10.7. The molecule has 116 valence electrons. The number of hydrogen-bond donors (Lipinski definition) is 2. The third kappa shape index (κ3) is 5.35. The van der Waals surface area contributed by atoms with Crippen molar-refractivity contribution < 1.29 is 0 Å². The first-order valence-corrected chi connectivity index (χ1v) is 8.85. The summed E-state index contributed by atoms with van der Waals surface area (Å²) in [5.74, 6) is 1.09. The summed E-state index contributed by atoms with van der Waals surface area (Å²) < 4.78 is 0. The molecule has 0 bridgehead atoms. The highest BCUT2D eigenvalue weighted by Gasteiger charge is 2.02. The van der Waals surface area contributed by atoms with Crippen LogP contribution >= 0.6 is 24.0 Å². The van der Waals surface area contributed by atoms with E-state index in [2.05, 4.69) is 60.9 Å². The van der Waals surface area contributed by atoms with Crippen LogP contribution in [0.15, 0.2) is 53.4 Å². The highest BCUT2D eigenvalue weighted by atomic mass is 32.2. The van der Waals surface area contributed by atoms with E-state index in [-0.39, 0.29) is 0 Å². The molecule has 4 heteroatoms. The monoisotopic (exact) mass is 330 g/mol. The molecule has 0 radical (unpaired) electrons. The molecule has 2 aromatic rings. The van der Waals surface area contributed by atoms with Crippen molar-refractivity contribution in [3.05, 3.63) is 59.7 Å². The molecule has 0 aliphatic carbocycles. The Balaban J connectivity index is 1.67. The van der Waals surface area contributed by atoms with Gasteiger partial charge in [-0.05, 0) is 67.6 Å². The van der Waals surface area contributed by atoms with Crippen LogP contribution in [0, 0.1) is 13.8 Å². The van der Waals surface area contributed by atoms with Crippen molar-refractivity contribution in [1.29, 1.82) is 0 Å². The minimum Gasteiger partial charge on any atom is -0.362 e.